The Kier molecular flexibility index (Phi) is 9.21. The van der Waals surface area contributed by atoms with Gasteiger partial charge in [0.25, 0.3) is 0 Å². The Hall–Kier alpha value is -0.680. The van der Waals surface area contributed by atoms with Gasteiger partial charge in [-0.2, -0.15) is 0 Å². The SMILES string of the molecule is CCOc1cc([C@H](C2CCCC2)N2CCNCC2)ccc1O.Cl.Cl. The van der Waals surface area contributed by atoms with Gasteiger partial charge in [-0.1, -0.05) is 18.9 Å². The van der Waals surface area contributed by atoms with Crippen molar-refractivity contribution >= 4 is 24.8 Å². The molecular formula is C18H30Cl2N2O2. The maximum atomic E-state index is 9.97. The molecule has 0 unspecified atom stereocenters. The summed E-state index contributed by atoms with van der Waals surface area (Å²) >= 11 is 0. The van der Waals surface area contributed by atoms with Gasteiger partial charge in [0.15, 0.2) is 11.5 Å². The largest absolute Gasteiger partial charge is 0.504 e. The van der Waals surface area contributed by atoms with Crippen molar-refractivity contribution in [2.24, 2.45) is 5.92 Å². The lowest BCUT2D eigenvalue weighted by Gasteiger charge is -2.38. The first-order chi connectivity index (χ1) is 10.8. The summed E-state index contributed by atoms with van der Waals surface area (Å²) in [4.78, 5) is 2.62. The topological polar surface area (TPSA) is 44.7 Å². The summed E-state index contributed by atoms with van der Waals surface area (Å²) in [5.41, 5.74) is 1.30. The van der Waals surface area contributed by atoms with E-state index in [0.717, 1.165) is 32.1 Å². The molecule has 0 amide bonds. The maximum Gasteiger partial charge on any atom is 0.161 e. The lowest BCUT2D eigenvalue weighted by atomic mass is 9.89. The summed E-state index contributed by atoms with van der Waals surface area (Å²) < 4.78 is 5.60. The third-order valence-corrected chi connectivity index (χ3v) is 5.02. The number of piperazine rings is 1. The maximum absolute atomic E-state index is 9.97. The van der Waals surface area contributed by atoms with Crippen LogP contribution in [0.1, 0.15) is 44.2 Å². The monoisotopic (exact) mass is 376 g/mol. The quantitative estimate of drug-likeness (QED) is 0.820. The van der Waals surface area contributed by atoms with Gasteiger partial charge in [0.2, 0.25) is 0 Å². The van der Waals surface area contributed by atoms with Crippen LogP contribution in [-0.4, -0.2) is 42.8 Å². The predicted octanol–water partition coefficient (Wildman–Crippen LogP) is 3.77. The number of nitrogens with one attached hydrogen (secondary N) is 1. The molecule has 6 heteroatoms. The van der Waals surface area contributed by atoms with Crippen molar-refractivity contribution in [3.05, 3.63) is 23.8 Å². The first-order valence-electron chi connectivity index (χ1n) is 8.70. The van der Waals surface area contributed by atoms with Gasteiger partial charge >= 0.3 is 0 Å². The number of benzene rings is 1. The molecule has 1 aliphatic heterocycles. The Morgan fingerprint density at radius 1 is 1.21 bits per heavy atom. The molecule has 0 aromatic heterocycles. The zero-order chi connectivity index (χ0) is 15.4. The molecule has 24 heavy (non-hydrogen) atoms. The van der Waals surface area contributed by atoms with Crippen LogP contribution in [-0.2, 0) is 0 Å². The van der Waals surface area contributed by atoms with E-state index in [9.17, 15) is 5.11 Å². The molecule has 1 aliphatic carbocycles. The molecule has 1 aromatic carbocycles. The van der Waals surface area contributed by atoms with E-state index in [0.29, 0.717) is 18.4 Å². The van der Waals surface area contributed by atoms with Crippen LogP contribution >= 0.6 is 24.8 Å². The van der Waals surface area contributed by atoms with Crippen LogP contribution in [0.4, 0.5) is 0 Å². The number of hydrogen-bond donors (Lipinski definition) is 2. The predicted molar refractivity (Wildman–Crippen MR) is 103 cm³/mol. The average Bonchev–Trinajstić information content (AvgIpc) is 3.06. The number of ether oxygens (including phenoxy) is 1. The molecular weight excluding hydrogens is 347 g/mol. The molecule has 2 fully saturated rings. The van der Waals surface area contributed by atoms with Crippen LogP contribution in [0.2, 0.25) is 0 Å². The number of hydrogen-bond acceptors (Lipinski definition) is 4. The number of nitrogens with zero attached hydrogens (tertiary/aromatic N) is 1. The highest BCUT2D eigenvalue weighted by atomic mass is 35.5. The average molecular weight is 377 g/mol. The summed E-state index contributed by atoms with van der Waals surface area (Å²) in [6.07, 6.45) is 5.34. The summed E-state index contributed by atoms with van der Waals surface area (Å²) in [5.74, 6) is 1.60. The Morgan fingerprint density at radius 2 is 1.88 bits per heavy atom. The Labute approximate surface area is 157 Å². The van der Waals surface area contributed by atoms with Gasteiger partial charge in [-0.3, -0.25) is 4.90 Å². The number of phenols is 1. The van der Waals surface area contributed by atoms with E-state index >= 15 is 0 Å². The van der Waals surface area contributed by atoms with Gasteiger partial charge in [-0.25, -0.2) is 0 Å². The highest BCUT2D eigenvalue weighted by Crippen LogP contribution is 2.41. The Morgan fingerprint density at radius 3 is 2.50 bits per heavy atom. The van der Waals surface area contributed by atoms with Crippen molar-refractivity contribution in [2.75, 3.05) is 32.8 Å². The fraction of sp³-hybridized carbons (Fsp3) is 0.667. The van der Waals surface area contributed by atoms with Gasteiger partial charge in [0.05, 0.1) is 6.61 Å². The van der Waals surface area contributed by atoms with E-state index in [2.05, 4.69) is 22.3 Å². The summed E-state index contributed by atoms with van der Waals surface area (Å²) in [6, 6.07) is 6.40. The van der Waals surface area contributed by atoms with Gasteiger partial charge < -0.3 is 15.2 Å². The second kappa shape index (κ2) is 10.3. The first-order valence-corrected chi connectivity index (χ1v) is 8.70. The van der Waals surface area contributed by atoms with Crippen molar-refractivity contribution in [2.45, 2.75) is 38.6 Å². The molecule has 2 aliphatic rings. The number of halogens is 2. The molecule has 0 spiro atoms. The van der Waals surface area contributed by atoms with Crippen molar-refractivity contribution in [1.82, 2.24) is 10.2 Å². The first kappa shape index (κ1) is 21.4. The second-order valence-corrected chi connectivity index (χ2v) is 6.44. The van der Waals surface area contributed by atoms with E-state index in [1.807, 2.05) is 6.92 Å². The Balaban J connectivity index is 0.00000144. The fourth-order valence-corrected chi connectivity index (χ4v) is 4.00. The summed E-state index contributed by atoms with van der Waals surface area (Å²) in [6.45, 7) is 6.88. The third kappa shape index (κ3) is 4.92. The highest BCUT2D eigenvalue weighted by molar-refractivity contribution is 5.85. The fourth-order valence-electron chi connectivity index (χ4n) is 4.00. The van der Waals surface area contributed by atoms with E-state index in [1.165, 1.54) is 31.2 Å². The third-order valence-electron chi connectivity index (χ3n) is 5.02. The van der Waals surface area contributed by atoms with Crippen LogP contribution in [0.25, 0.3) is 0 Å². The van der Waals surface area contributed by atoms with Crippen LogP contribution in [0, 0.1) is 5.92 Å². The van der Waals surface area contributed by atoms with E-state index in [1.54, 1.807) is 6.07 Å². The Bertz CT molecular complexity index is 490. The van der Waals surface area contributed by atoms with Gasteiger partial charge in [-0.15, -0.1) is 24.8 Å². The number of rotatable bonds is 5. The minimum Gasteiger partial charge on any atom is -0.504 e. The lowest BCUT2D eigenvalue weighted by molar-refractivity contribution is 0.125. The van der Waals surface area contributed by atoms with Crippen molar-refractivity contribution in [3.63, 3.8) is 0 Å². The van der Waals surface area contributed by atoms with Crippen LogP contribution in [0.3, 0.4) is 0 Å². The summed E-state index contributed by atoms with van der Waals surface area (Å²) in [7, 11) is 0. The number of phenolic OH excluding ortho intramolecular Hbond substituents is 1. The van der Waals surface area contributed by atoms with Crippen molar-refractivity contribution < 1.29 is 9.84 Å². The number of aromatic hydroxyl groups is 1. The second-order valence-electron chi connectivity index (χ2n) is 6.44. The molecule has 0 bridgehead atoms. The van der Waals surface area contributed by atoms with Crippen molar-refractivity contribution in [1.29, 1.82) is 0 Å². The van der Waals surface area contributed by atoms with E-state index in [4.69, 9.17) is 4.74 Å². The molecule has 3 rings (SSSR count). The lowest BCUT2D eigenvalue weighted by Crippen LogP contribution is -2.46. The van der Waals surface area contributed by atoms with E-state index < -0.39 is 0 Å². The van der Waals surface area contributed by atoms with Crippen LogP contribution < -0.4 is 10.1 Å². The van der Waals surface area contributed by atoms with Crippen LogP contribution in [0.15, 0.2) is 18.2 Å². The molecule has 1 aromatic rings. The van der Waals surface area contributed by atoms with Gasteiger partial charge in [0.1, 0.15) is 0 Å². The molecule has 2 N–H and O–H groups in total. The standard InChI is InChI=1S/C18H28N2O2.2ClH/c1-2-22-17-13-15(7-8-16(17)21)18(14-5-3-4-6-14)20-11-9-19-10-12-20;;/h7-8,13-14,18-19,21H,2-6,9-12H2,1H3;2*1H/t18-;;/m0../s1. The molecule has 4 nitrogen and oxygen atoms in total. The molecule has 138 valence electrons. The molecule has 1 atom stereocenters. The molecule has 1 heterocycles. The molecule has 1 saturated heterocycles. The minimum atomic E-state index is 0. The van der Waals surface area contributed by atoms with Gasteiger partial charge in [-0.05, 0) is 43.4 Å². The van der Waals surface area contributed by atoms with Crippen molar-refractivity contribution in [3.8, 4) is 11.5 Å². The normalized spacial score (nSPS) is 20.0. The molecule has 1 saturated carbocycles. The zero-order valence-electron chi connectivity index (χ0n) is 14.4. The minimum absolute atomic E-state index is 0. The van der Waals surface area contributed by atoms with Crippen LogP contribution in [0.5, 0.6) is 11.5 Å². The van der Waals surface area contributed by atoms with Gasteiger partial charge in [0, 0.05) is 32.2 Å². The smallest absolute Gasteiger partial charge is 0.161 e. The molecule has 0 radical (unpaired) electrons. The highest BCUT2D eigenvalue weighted by Gasteiger charge is 2.32. The van der Waals surface area contributed by atoms with E-state index in [-0.39, 0.29) is 30.6 Å². The summed E-state index contributed by atoms with van der Waals surface area (Å²) in [5, 5.41) is 13.4. The zero-order valence-corrected chi connectivity index (χ0v) is 16.0.